The second-order valence-corrected chi connectivity index (χ2v) is 8.70. The highest BCUT2D eigenvalue weighted by molar-refractivity contribution is 5.68. The first-order valence-electron chi connectivity index (χ1n) is 11.8. The Morgan fingerprint density at radius 1 is 0.943 bits per heavy atom. The van der Waals surface area contributed by atoms with Crippen LogP contribution in [-0.4, -0.2) is 34.6 Å². The molecule has 8 heteroatoms. The third-order valence-corrected chi connectivity index (χ3v) is 6.39. The second-order valence-electron chi connectivity index (χ2n) is 8.70. The van der Waals surface area contributed by atoms with Gasteiger partial charge < -0.3 is 14.1 Å². The molecule has 0 unspecified atom stereocenters. The first-order valence-corrected chi connectivity index (χ1v) is 11.8. The topological polar surface area (TPSA) is 64.3 Å². The van der Waals surface area contributed by atoms with E-state index in [2.05, 4.69) is 26.8 Å². The zero-order valence-electron chi connectivity index (χ0n) is 19.5. The molecular formula is C27H26F2N4O2. The lowest BCUT2D eigenvalue weighted by Gasteiger charge is -2.31. The molecule has 180 valence electrons. The summed E-state index contributed by atoms with van der Waals surface area (Å²) in [5.74, 6) is -0.174. The number of rotatable bonds is 7. The van der Waals surface area contributed by atoms with E-state index in [0.717, 1.165) is 49.4 Å². The molecular weight excluding hydrogens is 450 g/mol. The second kappa shape index (κ2) is 10.2. The molecule has 2 aromatic carbocycles. The van der Waals surface area contributed by atoms with Crippen LogP contribution in [-0.2, 0) is 6.42 Å². The number of benzene rings is 2. The Hall–Kier alpha value is -3.81. The van der Waals surface area contributed by atoms with Crippen LogP contribution in [0.2, 0.25) is 0 Å². The number of oxazole rings is 1. The SMILES string of the molecule is CCc1cnc(N2CCC(COc3c(F)cc(-c4ccc(-c5cnco5)cc4)cc3F)CC2)nc1. The maximum atomic E-state index is 14.8. The largest absolute Gasteiger partial charge is 0.487 e. The van der Waals surface area contributed by atoms with Crippen LogP contribution in [0, 0.1) is 17.6 Å². The molecule has 35 heavy (non-hydrogen) atoms. The summed E-state index contributed by atoms with van der Waals surface area (Å²) in [5.41, 5.74) is 3.08. The van der Waals surface area contributed by atoms with Crippen molar-refractivity contribution in [3.05, 3.63) is 78.6 Å². The Morgan fingerprint density at radius 3 is 2.20 bits per heavy atom. The first kappa shape index (κ1) is 23.0. The van der Waals surface area contributed by atoms with Gasteiger partial charge in [-0.25, -0.2) is 23.7 Å². The van der Waals surface area contributed by atoms with Crippen molar-refractivity contribution in [2.75, 3.05) is 24.6 Å². The number of nitrogens with zero attached hydrogens (tertiary/aromatic N) is 4. The summed E-state index contributed by atoms with van der Waals surface area (Å²) in [6.07, 6.45) is 9.28. The third-order valence-electron chi connectivity index (χ3n) is 6.39. The van der Waals surface area contributed by atoms with Gasteiger partial charge in [-0.15, -0.1) is 0 Å². The molecule has 1 fully saturated rings. The molecule has 0 saturated carbocycles. The van der Waals surface area contributed by atoms with E-state index in [4.69, 9.17) is 9.15 Å². The molecule has 6 nitrogen and oxygen atoms in total. The fraction of sp³-hybridized carbons (Fsp3) is 0.296. The van der Waals surface area contributed by atoms with E-state index in [9.17, 15) is 8.78 Å². The van der Waals surface area contributed by atoms with Gasteiger partial charge in [-0.2, -0.15) is 0 Å². The van der Waals surface area contributed by atoms with Gasteiger partial charge in [0.2, 0.25) is 5.95 Å². The van der Waals surface area contributed by atoms with Gasteiger partial charge in [0, 0.05) is 31.0 Å². The van der Waals surface area contributed by atoms with Gasteiger partial charge in [-0.3, -0.25) is 0 Å². The molecule has 0 spiro atoms. The molecule has 0 amide bonds. The predicted molar refractivity (Wildman–Crippen MR) is 129 cm³/mol. The van der Waals surface area contributed by atoms with Crippen molar-refractivity contribution in [1.29, 1.82) is 0 Å². The monoisotopic (exact) mass is 476 g/mol. The van der Waals surface area contributed by atoms with E-state index >= 15 is 0 Å². The molecule has 0 aliphatic carbocycles. The molecule has 5 rings (SSSR count). The van der Waals surface area contributed by atoms with E-state index in [1.807, 2.05) is 24.5 Å². The average molecular weight is 477 g/mol. The average Bonchev–Trinajstić information content (AvgIpc) is 3.44. The van der Waals surface area contributed by atoms with Gasteiger partial charge in [0.1, 0.15) is 0 Å². The smallest absolute Gasteiger partial charge is 0.225 e. The summed E-state index contributed by atoms with van der Waals surface area (Å²) in [5, 5.41) is 0. The highest BCUT2D eigenvalue weighted by Gasteiger charge is 2.23. The van der Waals surface area contributed by atoms with Crippen molar-refractivity contribution in [1.82, 2.24) is 15.0 Å². The maximum absolute atomic E-state index is 14.8. The molecule has 1 saturated heterocycles. The fourth-order valence-electron chi connectivity index (χ4n) is 4.24. The van der Waals surface area contributed by atoms with Crippen molar-refractivity contribution in [2.45, 2.75) is 26.2 Å². The van der Waals surface area contributed by atoms with Crippen molar-refractivity contribution >= 4 is 5.95 Å². The molecule has 1 aliphatic heterocycles. The fourth-order valence-corrected chi connectivity index (χ4v) is 4.24. The van der Waals surface area contributed by atoms with Crippen molar-refractivity contribution in [2.24, 2.45) is 5.92 Å². The Balaban J connectivity index is 1.19. The van der Waals surface area contributed by atoms with Crippen molar-refractivity contribution in [3.8, 4) is 28.2 Å². The Bertz CT molecular complexity index is 1230. The number of ether oxygens (including phenoxy) is 1. The lowest BCUT2D eigenvalue weighted by atomic mass is 9.98. The standard InChI is InChI=1S/C27H26F2N4O2/c1-2-18-13-31-27(32-14-18)33-9-7-19(8-10-33)16-34-26-23(28)11-22(12-24(26)29)20-3-5-21(6-4-20)25-15-30-17-35-25/h3-6,11-15,17,19H,2,7-10,16H2,1H3. The predicted octanol–water partition coefficient (Wildman–Crippen LogP) is 5.93. The quantitative estimate of drug-likeness (QED) is 0.329. The maximum Gasteiger partial charge on any atom is 0.225 e. The minimum Gasteiger partial charge on any atom is -0.487 e. The summed E-state index contributed by atoms with van der Waals surface area (Å²) in [6.45, 7) is 3.91. The van der Waals surface area contributed by atoms with Crippen LogP contribution in [0.25, 0.3) is 22.5 Å². The lowest BCUT2D eigenvalue weighted by Crippen LogP contribution is -2.36. The van der Waals surface area contributed by atoms with Crippen molar-refractivity contribution in [3.63, 3.8) is 0 Å². The van der Waals surface area contributed by atoms with Gasteiger partial charge in [-0.05, 0) is 54.0 Å². The number of aromatic nitrogens is 3. The number of aryl methyl sites for hydroxylation is 1. The van der Waals surface area contributed by atoms with E-state index in [0.29, 0.717) is 16.9 Å². The van der Waals surface area contributed by atoms with E-state index in [1.54, 1.807) is 18.3 Å². The van der Waals surface area contributed by atoms with Crippen LogP contribution in [0.5, 0.6) is 5.75 Å². The minimum atomic E-state index is -0.707. The minimum absolute atomic E-state index is 0.211. The summed E-state index contributed by atoms with van der Waals surface area (Å²) in [4.78, 5) is 14.9. The summed E-state index contributed by atoms with van der Waals surface area (Å²) >= 11 is 0. The molecule has 0 bridgehead atoms. The van der Waals surface area contributed by atoms with Crippen molar-refractivity contribution < 1.29 is 17.9 Å². The first-order chi connectivity index (χ1) is 17.1. The van der Waals surface area contributed by atoms with E-state index < -0.39 is 11.6 Å². The van der Waals surface area contributed by atoms with Gasteiger partial charge in [0.15, 0.2) is 29.5 Å². The molecule has 2 aromatic heterocycles. The van der Waals surface area contributed by atoms with Gasteiger partial charge in [-0.1, -0.05) is 31.2 Å². The number of piperidine rings is 1. The van der Waals surface area contributed by atoms with Crippen LogP contribution in [0.15, 0.2) is 65.8 Å². The van der Waals surface area contributed by atoms with Crippen LogP contribution < -0.4 is 9.64 Å². The zero-order chi connectivity index (χ0) is 24.2. The molecule has 0 radical (unpaired) electrons. The number of halogens is 2. The lowest BCUT2D eigenvalue weighted by molar-refractivity contribution is 0.207. The highest BCUT2D eigenvalue weighted by atomic mass is 19.1. The third kappa shape index (κ3) is 5.16. The van der Waals surface area contributed by atoms with Gasteiger partial charge in [0.05, 0.1) is 12.8 Å². The normalized spacial score (nSPS) is 14.3. The Morgan fingerprint density at radius 2 is 1.60 bits per heavy atom. The van der Waals surface area contributed by atoms with Crippen LogP contribution in [0.1, 0.15) is 25.3 Å². The number of hydrogen-bond donors (Lipinski definition) is 0. The Kier molecular flexibility index (Phi) is 6.70. The van der Waals surface area contributed by atoms with E-state index in [1.165, 1.54) is 18.5 Å². The van der Waals surface area contributed by atoms with Gasteiger partial charge >= 0.3 is 0 Å². The zero-order valence-corrected chi connectivity index (χ0v) is 19.5. The van der Waals surface area contributed by atoms with E-state index in [-0.39, 0.29) is 18.3 Å². The molecule has 0 atom stereocenters. The number of anilines is 1. The molecule has 3 heterocycles. The van der Waals surface area contributed by atoms with Gasteiger partial charge in [0.25, 0.3) is 0 Å². The van der Waals surface area contributed by atoms with Crippen LogP contribution >= 0.6 is 0 Å². The van der Waals surface area contributed by atoms with Crippen LogP contribution in [0.3, 0.4) is 0 Å². The molecule has 4 aromatic rings. The number of hydrogen-bond acceptors (Lipinski definition) is 6. The molecule has 1 aliphatic rings. The summed E-state index contributed by atoms with van der Waals surface area (Å²) in [6, 6.07) is 9.85. The Labute approximate surface area is 202 Å². The van der Waals surface area contributed by atoms with Crippen LogP contribution in [0.4, 0.5) is 14.7 Å². The summed E-state index contributed by atoms with van der Waals surface area (Å²) in [7, 11) is 0. The molecule has 0 N–H and O–H groups in total. The summed E-state index contributed by atoms with van der Waals surface area (Å²) < 4.78 is 40.5. The highest BCUT2D eigenvalue weighted by Crippen LogP contribution is 2.31.